The number of amides is 1. The van der Waals surface area contributed by atoms with Crippen LogP contribution in [0.2, 0.25) is 10.0 Å². The number of halogens is 2. The molecule has 1 aliphatic carbocycles. The lowest BCUT2D eigenvalue weighted by Gasteiger charge is -2.29. The molecule has 1 saturated carbocycles. The van der Waals surface area contributed by atoms with Crippen molar-refractivity contribution in [3.8, 4) is 0 Å². The van der Waals surface area contributed by atoms with Crippen LogP contribution in [0.4, 0.5) is 0 Å². The van der Waals surface area contributed by atoms with Gasteiger partial charge in [-0.3, -0.25) is 4.79 Å². The van der Waals surface area contributed by atoms with Crippen LogP contribution in [-0.2, 0) is 5.60 Å². The Kier molecular flexibility index (Phi) is 4.62. The monoisotopic (exact) mass is 349 g/mol. The minimum Gasteiger partial charge on any atom is -0.383 e. The van der Waals surface area contributed by atoms with Gasteiger partial charge in [-0.2, -0.15) is 0 Å². The molecule has 0 radical (unpaired) electrons. The van der Waals surface area contributed by atoms with Gasteiger partial charge < -0.3 is 10.4 Å². The van der Waals surface area contributed by atoms with E-state index in [1.807, 2.05) is 30.3 Å². The summed E-state index contributed by atoms with van der Waals surface area (Å²) in [6.45, 7) is 0.152. The minimum absolute atomic E-state index is 0.152. The number of benzene rings is 2. The zero-order valence-electron chi connectivity index (χ0n) is 12.4. The largest absolute Gasteiger partial charge is 0.383 e. The fourth-order valence-corrected chi connectivity index (χ4v) is 3.25. The molecular formula is C18H17Cl2NO2. The average Bonchev–Trinajstić information content (AvgIpc) is 3.38. The first-order valence-electron chi connectivity index (χ1n) is 7.52. The minimum atomic E-state index is -1.05. The Bertz CT molecular complexity index is 716. The molecule has 1 atom stereocenters. The standard InChI is InChI=1S/C18H17Cl2NO2/c19-14-8-9-15(16(20)10-14)17(22)21-11-18(23,13-6-7-13)12-4-2-1-3-5-12/h1-5,8-10,13,23H,6-7,11H2,(H,21,22). The molecule has 1 amide bonds. The van der Waals surface area contributed by atoms with E-state index in [1.165, 1.54) is 6.07 Å². The van der Waals surface area contributed by atoms with Crippen molar-refractivity contribution in [1.82, 2.24) is 5.32 Å². The number of carbonyl (C=O) groups is 1. The highest BCUT2D eigenvalue weighted by atomic mass is 35.5. The van der Waals surface area contributed by atoms with E-state index < -0.39 is 5.60 Å². The molecular weight excluding hydrogens is 333 g/mol. The molecule has 0 heterocycles. The third-order valence-electron chi connectivity index (χ3n) is 4.22. The molecule has 1 unspecified atom stereocenters. The molecule has 0 saturated heterocycles. The molecule has 0 aromatic heterocycles. The van der Waals surface area contributed by atoms with Crippen LogP contribution in [0.25, 0.3) is 0 Å². The number of aliphatic hydroxyl groups is 1. The van der Waals surface area contributed by atoms with Crippen LogP contribution in [0.15, 0.2) is 48.5 Å². The topological polar surface area (TPSA) is 49.3 Å². The zero-order valence-corrected chi connectivity index (χ0v) is 13.9. The second-order valence-electron chi connectivity index (χ2n) is 5.87. The smallest absolute Gasteiger partial charge is 0.252 e. The van der Waals surface area contributed by atoms with Crippen LogP contribution in [-0.4, -0.2) is 17.6 Å². The molecule has 23 heavy (non-hydrogen) atoms. The van der Waals surface area contributed by atoms with E-state index in [2.05, 4.69) is 5.32 Å². The number of hydrogen-bond donors (Lipinski definition) is 2. The van der Waals surface area contributed by atoms with Gasteiger partial charge in [-0.1, -0.05) is 53.5 Å². The maximum atomic E-state index is 12.3. The lowest BCUT2D eigenvalue weighted by atomic mass is 9.88. The van der Waals surface area contributed by atoms with Gasteiger partial charge in [0, 0.05) is 5.02 Å². The summed E-state index contributed by atoms with van der Waals surface area (Å²) in [5.41, 5.74) is 0.128. The van der Waals surface area contributed by atoms with E-state index in [1.54, 1.807) is 12.1 Å². The molecule has 120 valence electrons. The molecule has 0 spiro atoms. The second kappa shape index (κ2) is 6.52. The molecule has 2 N–H and O–H groups in total. The van der Waals surface area contributed by atoms with Crippen LogP contribution in [0.3, 0.4) is 0 Å². The van der Waals surface area contributed by atoms with E-state index in [0.29, 0.717) is 15.6 Å². The van der Waals surface area contributed by atoms with Crippen molar-refractivity contribution >= 4 is 29.1 Å². The zero-order chi connectivity index (χ0) is 16.4. The maximum Gasteiger partial charge on any atom is 0.252 e. The van der Waals surface area contributed by atoms with E-state index in [0.717, 1.165) is 18.4 Å². The molecule has 0 bridgehead atoms. The van der Waals surface area contributed by atoms with Crippen LogP contribution < -0.4 is 5.32 Å². The van der Waals surface area contributed by atoms with Crippen molar-refractivity contribution < 1.29 is 9.90 Å². The molecule has 3 rings (SSSR count). The van der Waals surface area contributed by atoms with Gasteiger partial charge in [-0.25, -0.2) is 0 Å². The first-order valence-corrected chi connectivity index (χ1v) is 8.27. The fraction of sp³-hybridized carbons (Fsp3) is 0.278. The van der Waals surface area contributed by atoms with E-state index in [4.69, 9.17) is 23.2 Å². The van der Waals surface area contributed by atoms with Crippen LogP contribution in [0.5, 0.6) is 0 Å². The first kappa shape index (κ1) is 16.3. The Morgan fingerprint density at radius 2 is 1.87 bits per heavy atom. The molecule has 1 aliphatic rings. The van der Waals surface area contributed by atoms with Crippen molar-refractivity contribution in [3.63, 3.8) is 0 Å². The van der Waals surface area contributed by atoms with Crippen molar-refractivity contribution in [3.05, 3.63) is 69.7 Å². The summed E-state index contributed by atoms with van der Waals surface area (Å²) in [7, 11) is 0. The van der Waals surface area contributed by atoms with E-state index in [9.17, 15) is 9.90 Å². The van der Waals surface area contributed by atoms with Gasteiger partial charge >= 0.3 is 0 Å². The Hall–Kier alpha value is -1.55. The predicted molar refractivity (Wildman–Crippen MR) is 91.9 cm³/mol. The number of rotatable bonds is 5. The SMILES string of the molecule is O=C(NCC(O)(c1ccccc1)C1CC1)c1ccc(Cl)cc1Cl. The first-order chi connectivity index (χ1) is 11.0. The van der Waals surface area contributed by atoms with Crippen molar-refractivity contribution in [2.75, 3.05) is 6.54 Å². The number of hydrogen-bond acceptors (Lipinski definition) is 2. The molecule has 1 fully saturated rings. The van der Waals surface area contributed by atoms with E-state index in [-0.39, 0.29) is 18.4 Å². The average molecular weight is 350 g/mol. The summed E-state index contributed by atoms with van der Waals surface area (Å²) in [5.74, 6) is -0.146. The Morgan fingerprint density at radius 1 is 1.17 bits per heavy atom. The van der Waals surface area contributed by atoms with Crippen molar-refractivity contribution in [2.45, 2.75) is 18.4 Å². The summed E-state index contributed by atoms with van der Waals surface area (Å²) < 4.78 is 0. The molecule has 2 aromatic carbocycles. The van der Waals surface area contributed by atoms with Gasteiger partial charge in [0.25, 0.3) is 5.91 Å². The van der Waals surface area contributed by atoms with Crippen LogP contribution in [0, 0.1) is 5.92 Å². The van der Waals surface area contributed by atoms with Gasteiger partial charge in [-0.15, -0.1) is 0 Å². The normalized spacial score (nSPS) is 16.7. The summed E-state index contributed by atoms with van der Waals surface area (Å²) in [5, 5.41) is 14.6. The number of nitrogens with one attached hydrogen (secondary N) is 1. The predicted octanol–water partition coefficient (Wildman–Crippen LogP) is 4.02. The summed E-state index contributed by atoms with van der Waals surface area (Å²) in [6.07, 6.45) is 1.92. The maximum absolute atomic E-state index is 12.3. The Balaban J connectivity index is 1.76. The molecule has 3 nitrogen and oxygen atoms in total. The van der Waals surface area contributed by atoms with Gasteiger partial charge in [0.2, 0.25) is 0 Å². The highest BCUT2D eigenvalue weighted by molar-refractivity contribution is 6.36. The summed E-state index contributed by atoms with van der Waals surface area (Å²) >= 11 is 11.9. The highest BCUT2D eigenvalue weighted by Crippen LogP contribution is 2.45. The van der Waals surface area contributed by atoms with Gasteiger partial charge in [0.1, 0.15) is 5.60 Å². The number of carbonyl (C=O) groups excluding carboxylic acids is 1. The third-order valence-corrected chi connectivity index (χ3v) is 4.77. The van der Waals surface area contributed by atoms with Crippen LogP contribution in [0.1, 0.15) is 28.8 Å². The lowest BCUT2D eigenvalue weighted by molar-refractivity contribution is 0.0135. The Labute approximate surface area is 145 Å². The summed E-state index contributed by atoms with van der Waals surface area (Å²) in [4.78, 5) is 12.3. The highest BCUT2D eigenvalue weighted by Gasteiger charge is 2.45. The molecule has 2 aromatic rings. The van der Waals surface area contributed by atoms with Gasteiger partial charge in [0.05, 0.1) is 17.1 Å². The van der Waals surface area contributed by atoms with Gasteiger partial charge in [-0.05, 0) is 42.5 Å². The Morgan fingerprint density at radius 3 is 2.48 bits per heavy atom. The second-order valence-corrected chi connectivity index (χ2v) is 6.72. The van der Waals surface area contributed by atoms with Crippen molar-refractivity contribution in [1.29, 1.82) is 0 Å². The van der Waals surface area contributed by atoms with Gasteiger partial charge in [0.15, 0.2) is 0 Å². The fourth-order valence-electron chi connectivity index (χ4n) is 2.75. The summed E-state index contributed by atoms with van der Waals surface area (Å²) in [6, 6.07) is 14.2. The molecule has 5 heteroatoms. The van der Waals surface area contributed by atoms with E-state index >= 15 is 0 Å². The van der Waals surface area contributed by atoms with Crippen molar-refractivity contribution in [2.24, 2.45) is 5.92 Å². The lowest BCUT2D eigenvalue weighted by Crippen LogP contribution is -2.42. The van der Waals surface area contributed by atoms with Crippen LogP contribution >= 0.6 is 23.2 Å². The quantitative estimate of drug-likeness (QED) is 0.856. The third kappa shape index (κ3) is 3.52. The molecule has 0 aliphatic heterocycles.